The van der Waals surface area contributed by atoms with E-state index in [1.807, 2.05) is 24.3 Å². The lowest BCUT2D eigenvalue weighted by Crippen LogP contribution is -2.55. The topological polar surface area (TPSA) is 18.5 Å². The van der Waals surface area contributed by atoms with Crippen LogP contribution in [0.1, 0.15) is 38.5 Å². The maximum atomic E-state index is 5.96. The molecule has 4 aliphatic carbocycles. The molecular formula is C22H30ClN3S. The molecule has 0 unspecified atom stereocenters. The van der Waals surface area contributed by atoms with Gasteiger partial charge in [0.2, 0.25) is 0 Å². The van der Waals surface area contributed by atoms with Crippen LogP contribution < -0.4 is 5.32 Å². The first-order valence-electron chi connectivity index (χ1n) is 10.6. The van der Waals surface area contributed by atoms with Crippen molar-refractivity contribution in [3.63, 3.8) is 0 Å². The van der Waals surface area contributed by atoms with Gasteiger partial charge in [0, 0.05) is 43.4 Å². The predicted octanol–water partition coefficient (Wildman–Crippen LogP) is 4.87. The molecule has 6 rings (SSSR count). The van der Waals surface area contributed by atoms with Crippen molar-refractivity contribution in [2.24, 2.45) is 23.2 Å². The molecule has 5 aliphatic rings. The van der Waals surface area contributed by atoms with Crippen molar-refractivity contribution in [2.45, 2.75) is 38.5 Å². The van der Waals surface area contributed by atoms with Crippen LogP contribution in [0.15, 0.2) is 24.3 Å². The SMILES string of the molecule is S=C(Nc1ccc(Cl)cc1)N1CCN(CC23CC4CC(CC(C4)C2)C3)CC1. The minimum absolute atomic E-state index is 0.652. The summed E-state index contributed by atoms with van der Waals surface area (Å²) in [7, 11) is 0. The molecule has 1 heterocycles. The van der Waals surface area contributed by atoms with E-state index in [9.17, 15) is 0 Å². The van der Waals surface area contributed by atoms with E-state index in [-0.39, 0.29) is 0 Å². The lowest BCUT2D eigenvalue weighted by Gasteiger charge is -2.58. The van der Waals surface area contributed by atoms with Gasteiger partial charge in [-0.05, 0) is 98.2 Å². The van der Waals surface area contributed by atoms with Crippen LogP contribution in [0, 0.1) is 23.2 Å². The molecule has 1 aromatic carbocycles. The van der Waals surface area contributed by atoms with Crippen LogP contribution in [-0.4, -0.2) is 47.6 Å². The summed E-state index contributed by atoms with van der Waals surface area (Å²) in [6.07, 6.45) is 9.15. The Morgan fingerprint density at radius 1 is 0.963 bits per heavy atom. The van der Waals surface area contributed by atoms with E-state index in [2.05, 4.69) is 15.1 Å². The monoisotopic (exact) mass is 403 g/mol. The van der Waals surface area contributed by atoms with E-state index in [0.717, 1.165) is 59.8 Å². The molecule has 3 nitrogen and oxygen atoms in total. The Morgan fingerprint density at radius 2 is 1.52 bits per heavy atom. The van der Waals surface area contributed by atoms with Crippen molar-refractivity contribution in [3.05, 3.63) is 29.3 Å². The first-order chi connectivity index (χ1) is 13.1. The summed E-state index contributed by atoms with van der Waals surface area (Å²) in [5.41, 5.74) is 1.67. The third-order valence-electron chi connectivity index (χ3n) is 7.48. The zero-order valence-electron chi connectivity index (χ0n) is 16.0. The number of nitrogens with zero attached hydrogens (tertiary/aromatic N) is 2. The average molecular weight is 404 g/mol. The van der Waals surface area contributed by atoms with Gasteiger partial charge in [0.15, 0.2) is 5.11 Å². The molecule has 146 valence electrons. The van der Waals surface area contributed by atoms with Gasteiger partial charge in [0.25, 0.3) is 0 Å². The Labute approximate surface area is 173 Å². The minimum atomic E-state index is 0.652. The smallest absolute Gasteiger partial charge is 0.173 e. The second-order valence-corrected chi connectivity index (χ2v) is 10.4. The van der Waals surface area contributed by atoms with Crippen LogP contribution >= 0.6 is 23.8 Å². The number of nitrogens with one attached hydrogen (secondary N) is 1. The normalized spacial score (nSPS) is 35.4. The van der Waals surface area contributed by atoms with E-state index in [0.29, 0.717) is 5.41 Å². The Hall–Kier alpha value is -0.840. The van der Waals surface area contributed by atoms with Gasteiger partial charge >= 0.3 is 0 Å². The molecule has 4 saturated carbocycles. The molecule has 0 atom stereocenters. The van der Waals surface area contributed by atoms with Gasteiger partial charge in [0.1, 0.15) is 0 Å². The Kier molecular flexibility index (Phi) is 4.86. The molecule has 1 aliphatic heterocycles. The van der Waals surface area contributed by atoms with Gasteiger partial charge < -0.3 is 10.2 Å². The van der Waals surface area contributed by atoms with E-state index in [1.165, 1.54) is 45.1 Å². The van der Waals surface area contributed by atoms with Crippen molar-refractivity contribution in [1.82, 2.24) is 9.80 Å². The zero-order chi connectivity index (χ0) is 18.4. The van der Waals surface area contributed by atoms with Gasteiger partial charge in [-0.25, -0.2) is 0 Å². The zero-order valence-corrected chi connectivity index (χ0v) is 17.6. The number of hydrogen-bond acceptors (Lipinski definition) is 2. The van der Waals surface area contributed by atoms with Crippen LogP contribution in [0.3, 0.4) is 0 Å². The van der Waals surface area contributed by atoms with Crippen molar-refractivity contribution in [2.75, 3.05) is 38.0 Å². The molecule has 5 fully saturated rings. The largest absolute Gasteiger partial charge is 0.346 e. The number of hydrogen-bond donors (Lipinski definition) is 1. The molecule has 0 radical (unpaired) electrons. The maximum absolute atomic E-state index is 5.96. The van der Waals surface area contributed by atoms with Gasteiger partial charge in [-0.1, -0.05) is 11.6 Å². The van der Waals surface area contributed by atoms with Crippen LogP contribution in [0.4, 0.5) is 5.69 Å². The van der Waals surface area contributed by atoms with Crippen molar-refractivity contribution in [3.8, 4) is 0 Å². The Balaban J connectivity index is 1.14. The highest BCUT2D eigenvalue weighted by Crippen LogP contribution is 2.60. The molecule has 4 bridgehead atoms. The van der Waals surface area contributed by atoms with E-state index >= 15 is 0 Å². The maximum Gasteiger partial charge on any atom is 0.173 e. The van der Waals surface area contributed by atoms with E-state index in [1.54, 1.807) is 0 Å². The number of benzene rings is 1. The van der Waals surface area contributed by atoms with Crippen molar-refractivity contribution in [1.29, 1.82) is 0 Å². The number of anilines is 1. The molecular weight excluding hydrogens is 374 g/mol. The van der Waals surface area contributed by atoms with Gasteiger partial charge in [-0.15, -0.1) is 0 Å². The molecule has 1 N–H and O–H groups in total. The van der Waals surface area contributed by atoms with E-state index in [4.69, 9.17) is 23.8 Å². The number of thiocarbonyl (C=S) groups is 1. The number of halogens is 1. The molecule has 0 aromatic heterocycles. The summed E-state index contributed by atoms with van der Waals surface area (Å²) in [6.45, 7) is 5.69. The lowest BCUT2D eigenvalue weighted by molar-refractivity contribution is -0.0719. The number of piperazine rings is 1. The summed E-state index contributed by atoms with van der Waals surface area (Å²) < 4.78 is 0. The van der Waals surface area contributed by atoms with Gasteiger partial charge in [-0.3, -0.25) is 4.90 Å². The van der Waals surface area contributed by atoms with Crippen LogP contribution in [-0.2, 0) is 0 Å². The van der Waals surface area contributed by atoms with Crippen LogP contribution in [0.5, 0.6) is 0 Å². The second-order valence-electron chi connectivity index (χ2n) is 9.62. The predicted molar refractivity (Wildman–Crippen MR) is 116 cm³/mol. The highest BCUT2D eigenvalue weighted by molar-refractivity contribution is 7.80. The molecule has 5 heteroatoms. The summed E-state index contributed by atoms with van der Waals surface area (Å²) in [6, 6.07) is 7.77. The van der Waals surface area contributed by atoms with Gasteiger partial charge in [0.05, 0.1) is 0 Å². The summed E-state index contributed by atoms with van der Waals surface area (Å²) in [5, 5.41) is 4.95. The highest BCUT2D eigenvalue weighted by atomic mass is 35.5. The third kappa shape index (κ3) is 3.86. The van der Waals surface area contributed by atoms with Crippen molar-refractivity contribution < 1.29 is 0 Å². The van der Waals surface area contributed by atoms with E-state index < -0.39 is 0 Å². The fourth-order valence-electron chi connectivity index (χ4n) is 6.80. The standard InChI is InChI=1S/C22H30ClN3S/c23-19-1-3-20(4-2-19)24-21(27)26-7-5-25(6-8-26)15-22-12-16-9-17(13-22)11-18(10-16)14-22/h1-4,16-18H,5-15H2,(H,24,27). The summed E-state index contributed by atoms with van der Waals surface area (Å²) >= 11 is 11.6. The summed E-state index contributed by atoms with van der Waals surface area (Å²) in [5.74, 6) is 3.15. The number of rotatable bonds is 3. The fourth-order valence-corrected chi connectivity index (χ4v) is 7.23. The average Bonchev–Trinajstić information content (AvgIpc) is 2.63. The molecule has 1 aromatic rings. The molecule has 0 spiro atoms. The van der Waals surface area contributed by atoms with Crippen molar-refractivity contribution >= 4 is 34.6 Å². The first kappa shape index (κ1) is 18.2. The third-order valence-corrected chi connectivity index (χ3v) is 8.09. The lowest BCUT2D eigenvalue weighted by atomic mass is 9.49. The van der Waals surface area contributed by atoms with Crippen LogP contribution in [0.2, 0.25) is 5.02 Å². The molecule has 27 heavy (non-hydrogen) atoms. The first-order valence-corrected chi connectivity index (χ1v) is 11.4. The second kappa shape index (κ2) is 7.20. The molecule has 1 saturated heterocycles. The Morgan fingerprint density at radius 3 is 2.07 bits per heavy atom. The van der Waals surface area contributed by atoms with Crippen LogP contribution in [0.25, 0.3) is 0 Å². The fraction of sp³-hybridized carbons (Fsp3) is 0.682. The highest BCUT2D eigenvalue weighted by Gasteiger charge is 2.51. The summed E-state index contributed by atoms with van der Waals surface area (Å²) in [4.78, 5) is 5.05. The Bertz CT molecular complexity index is 661. The minimum Gasteiger partial charge on any atom is -0.346 e. The molecule has 0 amide bonds. The quantitative estimate of drug-likeness (QED) is 0.725. The van der Waals surface area contributed by atoms with Gasteiger partial charge in [-0.2, -0.15) is 0 Å².